The standard InChI is InChI=1S/C10H7IN4/c11-9-5-12-10-2-1-7(6-15(9)10)8-3-13-14-4-8/h1-6H,(H,13,14). The van der Waals surface area contributed by atoms with E-state index in [4.69, 9.17) is 0 Å². The van der Waals surface area contributed by atoms with Crippen molar-refractivity contribution in [3.05, 3.63) is 40.6 Å². The van der Waals surface area contributed by atoms with E-state index >= 15 is 0 Å². The fourth-order valence-electron chi connectivity index (χ4n) is 1.53. The van der Waals surface area contributed by atoms with Crippen LogP contribution in [0.3, 0.4) is 0 Å². The molecule has 0 aliphatic rings. The Morgan fingerprint density at radius 2 is 2.13 bits per heavy atom. The van der Waals surface area contributed by atoms with Gasteiger partial charge in [0.1, 0.15) is 9.35 Å². The first-order valence-electron chi connectivity index (χ1n) is 4.46. The molecule has 0 atom stereocenters. The third-order valence-electron chi connectivity index (χ3n) is 2.29. The van der Waals surface area contributed by atoms with Crippen LogP contribution in [-0.2, 0) is 0 Å². The van der Waals surface area contributed by atoms with E-state index in [-0.39, 0.29) is 0 Å². The highest BCUT2D eigenvalue weighted by Crippen LogP contribution is 2.19. The molecule has 15 heavy (non-hydrogen) atoms. The number of halogens is 1. The van der Waals surface area contributed by atoms with E-state index in [0.717, 1.165) is 20.5 Å². The molecule has 3 rings (SSSR count). The smallest absolute Gasteiger partial charge is 0.137 e. The zero-order valence-electron chi connectivity index (χ0n) is 7.68. The highest BCUT2D eigenvalue weighted by atomic mass is 127. The summed E-state index contributed by atoms with van der Waals surface area (Å²) in [6, 6.07) is 4.05. The quantitative estimate of drug-likeness (QED) is 0.701. The molecule has 74 valence electrons. The summed E-state index contributed by atoms with van der Waals surface area (Å²) in [5.74, 6) is 0. The van der Waals surface area contributed by atoms with Crippen LogP contribution in [0.15, 0.2) is 36.9 Å². The molecule has 4 nitrogen and oxygen atoms in total. The topological polar surface area (TPSA) is 46.0 Å². The van der Waals surface area contributed by atoms with E-state index < -0.39 is 0 Å². The maximum atomic E-state index is 4.27. The minimum atomic E-state index is 0.964. The molecule has 3 aromatic heterocycles. The van der Waals surface area contributed by atoms with Crippen molar-refractivity contribution in [1.82, 2.24) is 19.6 Å². The summed E-state index contributed by atoms with van der Waals surface area (Å²) in [6.45, 7) is 0. The summed E-state index contributed by atoms with van der Waals surface area (Å²) in [4.78, 5) is 4.27. The van der Waals surface area contributed by atoms with Crippen LogP contribution >= 0.6 is 22.6 Å². The van der Waals surface area contributed by atoms with Crippen LogP contribution in [0.25, 0.3) is 16.8 Å². The van der Waals surface area contributed by atoms with Gasteiger partial charge in [-0.15, -0.1) is 0 Å². The highest BCUT2D eigenvalue weighted by Gasteiger charge is 2.03. The Hall–Kier alpha value is -1.37. The lowest BCUT2D eigenvalue weighted by Crippen LogP contribution is -1.87. The normalized spacial score (nSPS) is 11.0. The van der Waals surface area contributed by atoms with Gasteiger partial charge in [0, 0.05) is 23.5 Å². The van der Waals surface area contributed by atoms with E-state index in [1.807, 2.05) is 30.7 Å². The average Bonchev–Trinajstić information content (AvgIpc) is 2.88. The van der Waals surface area contributed by atoms with Crippen LogP contribution in [0, 0.1) is 3.70 Å². The number of fused-ring (bicyclic) bond motifs is 1. The van der Waals surface area contributed by atoms with Gasteiger partial charge in [-0.25, -0.2) is 4.98 Å². The molecule has 0 unspecified atom stereocenters. The van der Waals surface area contributed by atoms with Crippen molar-refractivity contribution in [2.75, 3.05) is 0 Å². The van der Waals surface area contributed by atoms with Gasteiger partial charge >= 0.3 is 0 Å². The molecule has 0 aromatic carbocycles. The molecular weight excluding hydrogens is 303 g/mol. The number of rotatable bonds is 1. The number of imidazole rings is 1. The summed E-state index contributed by atoms with van der Waals surface area (Å²) < 4.78 is 3.16. The Bertz CT molecular complexity index is 597. The Kier molecular flexibility index (Phi) is 1.98. The van der Waals surface area contributed by atoms with E-state index in [2.05, 4.69) is 48.4 Å². The van der Waals surface area contributed by atoms with E-state index in [1.165, 1.54) is 0 Å². The average molecular weight is 310 g/mol. The number of aromatic amines is 1. The maximum Gasteiger partial charge on any atom is 0.137 e. The minimum absolute atomic E-state index is 0.964. The van der Waals surface area contributed by atoms with Crippen LogP contribution in [-0.4, -0.2) is 19.6 Å². The van der Waals surface area contributed by atoms with Gasteiger partial charge in [0.25, 0.3) is 0 Å². The largest absolute Gasteiger partial charge is 0.294 e. The molecule has 0 fully saturated rings. The number of hydrogen-bond acceptors (Lipinski definition) is 2. The Labute approximate surface area is 99.5 Å². The van der Waals surface area contributed by atoms with Gasteiger partial charge in [-0.1, -0.05) is 0 Å². The number of nitrogens with zero attached hydrogens (tertiary/aromatic N) is 3. The van der Waals surface area contributed by atoms with Crippen molar-refractivity contribution >= 4 is 28.2 Å². The molecule has 0 aliphatic heterocycles. The van der Waals surface area contributed by atoms with Crippen molar-refractivity contribution < 1.29 is 0 Å². The number of pyridine rings is 1. The Morgan fingerprint density at radius 3 is 2.93 bits per heavy atom. The fraction of sp³-hybridized carbons (Fsp3) is 0. The molecule has 0 amide bonds. The predicted molar refractivity (Wildman–Crippen MR) is 65.5 cm³/mol. The molecule has 1 N–H and O–H groups in total. The van der Waals surface area contributed by atoms with Gasteiger partial charge in [0.2, 0.25) is 0 Å². The van der Waals surface area contributed by atoms with Crippen LogP contribution in [0.5, 0.6) is 0 Å². The zero-order valence-corrected chi connectivity index (χ0v) is 9.84. The SMILES string of the molecule is Ic1cnc2ccc(-c3cn[nH]c3)cn12. The van der Waals surface area contributed by atoms with E-state index in [9.17, 15) is 0 Å². The predicted octanol–water partition coefficient (Wildman–Crippen LogP) is 2.33. The van der Waals surface area contributed by atoms with E-state index in [0.29, 0.717) is 0 Å². The third kappa shape index (κ3) is 1.43. The second-order valence-electron chi connectivity index (χ2n) is 3.21. The van der Waals surface area contributed by atoms with Gasteiger partial charge in [-0.3, -0.25) is 9.50 Å². The molecule has 0 saturated carbocycles. The summed E-state index contributed by atoms with van der Waals surface area (Å²) in [7, 11) is 0. The highest BCUT2D eigenvalue weighted by molar-refractivity contribution is 14.1. The molecule has 5 heteroatoms. The minimum Gasteiger partial charge on any atom is -0.294 e. The first kappa shape index (κ1) is 8.90. The molecule has 3 aromatic rings. The molecule has 3 heterocycles. The lowest BCUT2D eigenvalue weighted by molar-refractivity contribution is 1.09. The maximum absolute atomic E-state index is 4.27. The van der Waals surface area contributed by atoms with Crippen molar-refractivity contribution in [3.63, 3.8) is 0 Å². The number of aromatic nitrogens is 4. The second kappa shape index (κ2) is 3.34. The van der Waals surface area contributed by atoms with Gasteiger partial charge in [0.15, 0.2) is 0 Å². The molecular formula is C10H7IN4. The Morgan fingerprint density at radius 1 is 1.20 bits per heavy atom. The number of hydrogen-bond donors (Lipinski definition) is 1. The fourth-order valence-corrected chi connectivity index (χ4v) is 2.06. The zero-order chi connectivity index (χ0) is 10.3. The second-order valence-corrected chi connectivity index (χ2v) is 4.32. The molecule has 0 aliphatic carbocycles. The lowest BCUT2D eigenvalue weighted by Gasteiger charge is -1.99. The van der Waals surface area contributed by atoms with Gasteiger partial charge in [-0.05, 0) is 34.7 Å². The number of H-pyrrole nitrogens is 1. The van der Waals surface area contributed by atoms with E-state index in [1.54, 1.807) is 0 Å². The monoisotopic (exact) mass is 310 g/mol. The first-order chi connectivity index (χ1) is 7.34. The van der Waals surface area contributed by atoms with Gasteiger partial charge in [-0.2, -0.15) is 5.10 Å². The van der Waals surface area contributed by atoms with Crippen molar-refractivity contribution in [2.45, 2.75) is 0 Å². The van der Waals surface area contributed by atoms with Crippen LogP contribution < -0.4 is 0 Å². The summed E-state index contributed by atoms with van der Waals surface area (Å²) in [5.41, 5.74) is 3.18. The van der Waals surface area contributed by atoms with Crippen LogP contribution in [0.4, 0.5) is 0 Å². The number of nitrogens with one attached hydrogen (secondary N) is 1. The lowest BCUT2D eigenvalue weighted by atomic mass is 10.2. The molecule has 0 bridgehead atoms. The van der Waals surface area contributed by atoms with Crippen LogP contribution in [0.2, 0.25) is 0 Å². The summed E-state index contributed by atoms with van der Waals surface area (Å²) in [6.07, 6.45) is 7.61. The third-order valence-corrected chi connectivity index (χ3v) is 3.09. The van der Waals surface area contributed by atoms with Crippen molar-refractivity contribution in [1.29, 1.82) is 0 Å². The summed E-state index contributed by atoms with van der Waals surface area (Å²) >= 11 is 2.26. The molecule has 0 spiro atoms. The molecule has 0 radical (unpaired) electrons. The Balaban J connectivity index is 2.25. The first-order valence-corrected chi connectivity index (χ1v) is 5.54. The van der Waals surface area contributed by atoms with Crippen LogP contribution in [0.1, 0.15) is 0 Å². The van der Waals surface area contributed by atoms with Crippen molar-refractivity contribution in [3.8, 4) is 11.1 Å². The van der Waals surface area contributed by atoms with Gasteiger partial charge in [0.05, 0.1) is 12.4 Å². The van der Waals surface area contributed by atoms with Gasteiger partial charge < -0.3 is 0 Å². The van der Waals surface area contributed by atoms with Crippen molar-refractivity contribution in [2.24, 2.45) is 0 Å². The molecule has 0 saturated heterocycles. The summed E-state index contributed by atoms with van der Waals surface area (Å²) in [5, 5.41) is 6.74.